The van der Waals surface area contributed by atoms with Crippen LogP contribution in [-0.2, 0) is 35.1 Å². The lowest BCUT2D eigenvalue weighted by Gasteiger charge is -2.26. The molecule has 2 aromatic rings. The van der Waals surface area contributed by atoms with E-state index in [1.807, 2.05) is 18.2 Å². The van der Waals surface area contributed by atoms with Crippen LogP contribution in [0.15, 0.2) is 42.5 Å². The number of pyridine rings is 1. The fraction of sp³-hybridized carbons (Fsp3) is 0.364. The van der Waals surface area contributed by atoms with Crippen molar-refractivity contribution < 1.29 is 22.7 Å². The van der Waals surface area contributed by atoms with Crippen molar-refractivity contribution in [2.75, 3.05) is 26.3 Å². The molecule has 8 heteroatoms. The van der Waals surface area contributed by atoms with Gasteiger partial charge in [-0.2, -0.15) is 13.2 Å². The number of hydrogen-bond donors (Lipinski definition) is 1. The first kappa shape index (κ1) is 20.6. The van der Waals surface area contributed by atoms with Gasteiger partial charge in [0.25, 0.3) is 0 Å². The first-order valence-corrected chi connectivity index (χ1v) is 9.84. The maximum atomic E-state index is 12.7. The molecule has 5 nitrogen and oxygen atoms in total. The molecule has 1 saturated heterocycles. The largest absolute Gasteiger partial charge is 0.416 e. The van der Waals surface area contributed by atoms with Gasteiger partial charge in [0.05, 0.1) is 36.6 Å². The molecule has 30 heavy (non-hydrogen) atoms. The van der Waals surface area contributed by atoms with Gasteiger partial charge in [0.15, 0.2) is 0 Å². The molecule has 0 radical (unpaired) electrons. The van der Waals surface area contributed by atoms with E-state index in [9.17, 15) is 18.0 Å². The molecule has 1 aromatic carbocycles. The molecule has 2 aliphatic rings. The average molecular weight is 417 g/mol. The van der Waals surface area contributed by atoms with Gasteiger partial charge in [-0.05, 0) is 29.8 Å². The Kier molecular flexibility index (Phi) is 5.87. The third-order valence-corrected chi connectivity index (χ3v) is 5.23. The van der Waals surface area contributed by atoms with Crippen LogP contribution in [0.2, 0.25) is 0 Å². The van der Waals surface area contributed by atoms with Gasteiger partial charge in [-0.15, -0.1) is 0 Å². The van der Waals surface area contributed by atoms with Crippen molar-refractivity contribution in [3.8, 4) is 0 Å². The van der Waals surface area contributed by atoms with E-state index in [2.05, 4.69) is 10.2 Å². The summed E-state index contributed by atoms with van der Waals surface area (Å²) in [6.07, 6.45) is -1.82. The number of halogens is 3. The van der Waals surface area contributed by atoms with Crippen molar-refractivity contribution in [2.45, 2.75) is 25.6 Å². The Hall–Kier alpha value is -2.71. The normalized spacial score (nSPS) is 16.8. The minimum atomic E-state index is -4.38. The number of morpholine rings is 1. The summed E-state index contributed by atoms with van der Waals surface area (Å²) in [5.41, 5.74) is 3.30. The number of fused-ring (bicyclic) bond motifs is 1. The van der Waals surface area contributed by atoms with E-state index >= 15 is 0 Å². The van der Waals surface area contributed by atoms with Gasteiger partial charge in [-0.25, -0.2) is 0 Å². The molecular weight excluding hydrogens is 395 g/mol. The molecule has 2 heterocycles. The Morgan fingerprint density at radius 2 is 1.83 bits per heavy atom. The van der Waals surface area contributed by atoms with E-state index in [-0.39, 0.29) is 12.3 Å². The van der Waals surface area contributed by atoms with Crippen LogP contribution in [0.5, 0.6) is 0 Å². The molecule has 4 rings (SSSR count). The summed E-state index contributed by atoms with van der Waals surface area (Å²) in [7, 11) is 0. The molecule has 0 unspecified atom stereocenters. The number of nitrogens with one attached hydrogen (secondary N) is 1. The second kappa shape index (κ2) is 8.57. The van der Waals surface area contributed by atoms with Crippen LogP contribution in [0.3, 0.4) is 0 Å². The number of nitrogens with zero attached hydrogens (tertiary/aromatic N) is 2. The molecule has 0 bridgehead atoms. The van der Waals surface area contributed by atoms with Crippen molar-refractivity contribution in [1.29, 1.82) is 0 Å². The van der Waals surface area contributed by atoms with Gasteiger partial charge < -0.3 is 10.1 Å². The minimum Gasteiger partial charge on any atom is -0.379 e. The summed E-state index contributed by atoms with van der Waals surface area (Å²) in [5, 5.41) is 2.86. The maximum Gasteiger partial charge on any atom is 0.416 e. The molecule has 1 N–H and O–H groups in total. The highest BCUT2D eigenvalue weighted by atomic mass is 19.4. The number of ether oxygens (including phenoxy) is 1. The van der Waals surface area contributed by atoms with Crippen molar-refractivity contribution >= 4 is 11.6 Å². The predicted octanol–water partition coefficient (Wildman–Crippen LogP) is 3.19. The van der Waals surface area contributed by atoms with Crippen molar-refractivity contribution in [3.05, 3.63) is 70.6 Å². The first-order chi connectivity index (χ1) is 14.4. The molecule has 1 amide bonds. The summed E-state index contributed by atoms with van der Waals surface area (Å²) >= 11 is 0. The SMILES string of the molecule is O=C(Cc1ccc(C(F)(F)F)cc1)NC1=CCc2nc(CN3CCOCC3)ccc21. The fourth-order valence-corrected chi connectivity index (χ4v) is 3.64. The number of alkyl halides is 3. The van der Waals surface area contributed by atoms with Crippen molar-refractivity contribution in [3.63, 3.8) is 0 Å². The van der Waals surface area contributed by atoms with Gasteiger partial charge in [0.2, 0.25) is 5.91 Å². The maximum absolute atomic E-state index is 12.7. The summed E-state index contributed by atoms with van der Waals surface area (Å²) in [5.74, 6) is -0.272. The lowest BCUT2D eigenvalue weighted by Crippen LogP contribution is -2.35. The Bertz CT molecular complexity index is 949. The topological polar surface area (TPSA) is 54.5 Å². The molecule has 1 aliphatic carbocycles. The Labute approximate surface area is 172 Å². The van der Waals surface area contributed by atoms with E-state index < -0.39 is 11.7 Å². The van der Waals surface area contributed by atoms with Gasteiger partial charge in [0, 0.05) is 37.3 Å². The van der Waals surface area contributed by atoms with Crippen LogP contribution >= 0.6 is 0 Å². The second-order valence-corrected chi connectivity index (χ2v) is 7.43. The van der Waals surface area contributed by atoms with E-state index in [1.54, 1.807) is 0 Å². The average Bonchev–Trinajstić information content (AvgIpc) is 3.10. The van der Waals surface area contributed by atoms with Gasteiger partial charge in [0.1, 0.15) is 0 Å². The van der Waals surface area contributed by atoms with Crippen LogP contribution in [0.1, 0.15) is 28.1 Å². The summed E-state index contributed by atoms with van der Waals surface area (Å²) in [4.78, 5) is 19.4. The van der Waals surface area contributed by atoms with Crippen LogP contribution in [0, 0.1) is 0 Å². The molecule has 0 spiro atoms. The smallest absolute Gasteiger partial charge is 0.379 e. The third-order valence-electron chi connectivity index (χ3n) is 5.23. The number of hydrogen-bond acceptors (Lipinski definition) is 4. The highest BCUT2D eigenvalue weighted by Gasteiger charge is 2.30. The summed E-state index contributed by atoms with van der Waals surface area (Å²) in [6.45, 7) is 4.03. The highest BCUT2D eigenvalue weighted by Crippen LogP contribution is 2.29. The van der Waals surface area contributed by atoms with Gasteiger partial charge in [-0.3, -0.25) is 14.7 Å². The molecular formula is C22H22F3N3O2. The Balaban J connectivity index is 1.35. The molecule has 158 valence electrons. The molecule has 0 atom stereocenters. The lowest BCUT2D eigenvalue weighted by atomic mass is 10.1. The van der Waals surface area contributed by atoms with E-state index in [0.29, 0.717) is 17.7 Å². The number of amides is 1. The van der Waals surface area contributed by atoms with E-state index in [4.69, 9.17) is 9.72 Å². The van der Waals surface area contributed by atoms with Crippen LogP contribution in [0.25, 0.3) is 5.70 Å². The lowest BCUT2D eigenvalue weighted by molar-refractivity contribution is -0.137. The zero-order chi connectivity index (χ0) is 21.1. The molecule has 0 saturated carbocycles. The number of aromatic nitrogens is 1. The van der Waals surface area contributed by atoms with Gasteiger partial charge in [-0.1, -0.05) is 18.2 Å². The number of rotatable bonds is 5. The van der Waals surface area contributed by atoms with E-state index in [1.165, 1.54) is 12.1 Å². The number of allylic oxidation sites excluding steroid dienone is 1. The number of carbonyl (C=O) groups excluding carboxylic acids is 1. The number of carbonyl (C=O) groups is 1. The van der Waals surface area contributed by atoms with Crippen molar-refractivity contribution in [1.82, 2.24) is 15.2 Å². The second-order valence-electron chi connectivity index (χ2n) is 7.43. The summed E-state index contributed by atoms with van der Waals surface area (Å²) < 4.78 is 43.3. The Morgan fingerprint density at radius 1 is 1.10 bits per heavy atom. The van der Waals surface area contributed by atoms with Crippen LogP contribution in [-0.4, -0.2) is 42.1 Å². The van der Waals surface area contributed by atoms with Crippen molar-refractivity contribution in [2.24, 2.45) is 0 Å². The highest BCUT2D eigenvalue weighted by molar-refractivity contribution is 5.89. The summed E-state index contributed by atoms with van der Waals surface area (Å²) in [6, 6.07) is 8.59. The first-order valence-electron chi connectivity index (χ1n) is 9.84. The third kappa shape index (κ3) is 4.88. The monoisotopic (exact) mass is 417 g/mol. The zero-order valence-electron chi connectivity index (χ0n) is 16.3. The van der Waals surface area contributed by atoms with Gasteiger partial charge >= 0.3 is 6.18 Å². The van der Waals surface area contributed by atoms with Crippen LogP contribution < -0.4 is 5.32 Å². The fourth-order valence-electron chi connectivity index (χ4n) is 3.64. The minimum absolute atomic E-state index is 0.00730. The number of benzene rings is 1. The quantitative estimate of drug-likeness (QED) is 0.812. The Morgan fingerprint density at radius 3 is 2.53 bits per heavy atom. The molecule has 1 fully saturated rings. The van der Waals surface area contributed by atoms with Crippen LogP contribution in [0.4, 0.5) is 13.2 Å². The molecule has 1 aromatic heterocycles. The van der Waals surface area contributed by atoms with E-state index in [0.717, 1.165) is 61.9 Å². The molecule has 1 aliphatic heterocycles. The predicted molar refractivity (Wildman–Crippen MR) is 105 cm³/mol. The zero-order valence-corrected chi connectivity index (χ0v) is 16.3. The standard InChI is InChI=1S/C22H22F3N3O2/c23-22(24,25)16-3-1-15(2-4-16)13-21(29)27-20-8-7-19-18(20)6-5-17(26-19)14-28-9-11-30-12-10-28/h1-6,8H,7,9-14H2,(H,27,29).